The van der Waals surface area contributed by atoms with Gasteiger partial charge < -0.3 is 9.30 Å². The van der Waals surface area contributed by atoms with Crippen LogP contribution in [0, 0.1) is 0 Å². The summed E-state index contributed by atoms with van der Waals surface area (Å²) in [6, 6.07) is 11.9. The lowest BCUT2D eigenvalue weighted by atomic mass is 10.3. The maximum atomic E-state index is 6.09. The van der Waals surface area contributed by atoms with E-state index >= 15 is 0 Å². The second-order valence-corrected chi connectivity index (χ2v) is 7.75. The van der Waals surface area contributed by atoms with Crippen molar-refractivity contribution in [2.24, 2.45) is 4.99 Å². The molecule has 0 fully saturated rings. The number of hydrogen-bond donors (Lipinski definition) is 0. The van der Waals surface area contributed by atoms with Gasteiger partial charge in [0.1, 0.15) is 5.75 Å². The van der Waals surface area contributed by atoms with Crippen LogP contribution >= 0.6 is 34.3 Å². The van der Waals surface area contributed by atoms with Gasteiger partial charge in [0.25, 0.3) is 0 Å². The minimum absolute atomic E-state index is 0.671. The van der Waals surface area contributed by atoms with E-state index in [0.29, 0.717) is 6.61 Å². The first-order chi connectivity index (χ1) is 11.7. The summed E-state index contributed by atoms with van der Waals surface area (Å²) in [4.78, 5) is 6.99. The molecule has 0 bridgehead atoms. The second kappa shape index (κ2) is 8.01. The smallest absolute Gasteiger partial charge is 0.190 e. The van der Waals surface area contributed by atoms with Crippen molar-refractivity contribution in [1.29, 1.82) is 0 Å². The first-order valence-electron chi connectivity index (χ1n) is 7.93. The fourth-order valence-electron chi connectivity index (χ4n) is 2.40. The van der Waals surface area contributed by atoms with Crippen molar-refractivity contribution < 1.29 is 4.74 Å². The molecule has 0 saturated carbocycles. The second-order valence-electron chi connectivity index (χ2n) is 5.20. The summed E-state index contributed by atoms with van der Waals surface area (Å²) >= 11 is 9.35. The van der Waals surface area contributed by atoms with Crippen molar-refractivity contribution in [3.8, 4) is 16.3 Å². The lowest BCUT2D eigenvalue weighted by Gasteiger charge is -2.06. The van der Waals surface area contributed by atoms with Crippen LogP contribution in [0.1, 0.15) is 20.3 Å². The molecule has 126 valence electrons. The number of thiazole rings is 1. The van der Waals surface area contributed by atoms with E-state index in [1.165, 1.54) is 10.6 Å². The van der Waals surface area contributed by atoms with E-state index in [9.17, 15) is 0 Å². The summed E-state index contributed by atoms with van der Waals surface area (Å²) in [5.41, 5.74) is 2.12. The third-order valence-electron chi connectivity index (χ3n) is 3.44. The Morgan fingerprint density at radius 3 is 2.54 bits per heavy atom. The van der Waals surface area contributed by atoms with Gasteiger partial charge in [0.2, 0.25) is 0 Å². The van der Waals surface area contributed by atoms with E-state index in [1.807, 2.05) is 37.3 Å². The SMILES string of the molecule is CCCn1c(-c2ccc(Cl)s2)csc1=Nc1ccc(OCC)cc1. The van der Waals surface area contributed by atoms with Gasteiger partial charge in [-0.15, -0.1) is 22.7 Å². The Morgan fingerprint density at radius 2 is 1.92 bits per heavy atom. The zero-order valence-corrected chi connectivity index (χ0v) is 16.0. The molecule has 3 nitrogen and oxygen atoms in total. The molecule has 0 radical (unpaired) electrons. The van der Waals surface area contributed by atoms with Crippen LogP contribution in [0.25, 0.3) is 10.6 Å². The Bertz CT molecular complexity index is 862. The predicted octanol–water partition coefficient (Wildman–Crippen LogP) is 5.97. The lowest BCUT2D eigenvalue weighted by molar-refractivity contribution is 0.340. The largest absolute Gasteiger partial charge is 0.494 e. The van der Waals surface area contributed by atoms with Gasteiger partial charge in [-0.3, -0.25) is 0 Å². The number of thiophene rings is 1. The zero-order chi connectivity index (χ0) is 16.9. The molecule has 2 aromatic heterocycles. The van der Waals surface area contributed by atoms with Gasteiger partial charge >= 0.3 is 0 Å². The summed E-state index contributed by atoms with van der Waals surface area (Å²) < 4.78 is 8.56. The third kappa shape index (κ3) is 3.91. The topological polar surface area (TPSA) is 26.5 Å². The van der Waals surface area contributed by atoms with E-state index in [1.54, 1.807) is 22.7 Å². The Hall–Kier alpha value is -1.56. The van der Waals surface area contributed by atoms with E-state index in [0.717, 1.165) is 33.5 Å². The first-order valence-corrected chi connectivity index (χ1v) is 10.00. The molecule has 2 heterocycles. The van der Waals surface area contributed by atoms with Crippen LogP contribution in [0.15, 0.2) is 46.8 Å². The minimum atomic E-state index is 0.671. The van der Waals surface area contributed by atoms with Crippen molar-refractivity contribution in [2.45, 2.75) is 26.8 Å². The molecule has 0 spiro atoms. The Labute approximate surface area is 154 Å². The van der Waals surface area contributed by atoms with Crippen LogP contribution in [-0.2, 0) is 6.54 Å². The molecule has 3 aromatic rings. The number of benzene rings is 1. The number of halogens is 1. The highest BCUT2D eigenvalue weighted by molar-refractivity contribution is 7.19. The number of nitrogens with zero attached hydrogens (tertiary/aromatic N) is 2. The van der Waals surface area contributed by atoms with E-state index in [2.05, 4.69) is 22.9 Å². The molecule has 0 N–H and O–H groups in total. The van der Waals surface area contributed by atoms with Gasteiger partial charge in [0.05, 0.1) is 27.2 Å². The summed E-state index contributed by atoms with van der Waals surface area (Å²) in [6.07, 6.45) is 1.05. The summed E-state index contributed by atoms with van der Waals surface area (Å²) in [5, 5.41) is 2.16. The minimum Gasteiger partial charge on any atom is -0.494 e. The van der Waals surface area contributed by atoms with Crippen molar-refractivity contribution in [2.75, 3.05) is 6.61 Å². The average molecular weight is 379 g/mol. The molecule has 24 heavy (non-hydrogen) atoms. The predicted molar refractivity (Wildman–Crippen MR) is 104 cm³/mol. The highest BCUT2D eigenvalue weighted by atomic mass is 35.5. The van der Waals surface area contributed by atoms with Crippen molar-refractivity contribution in [1.82, 2.24) is 4.57 Å². The molecular formula is C18H19ClN2OS2. The van der Waals surface area contributed by atoms with Gasteiger partial charge in [-0.2, -0.15) is 0 Å². The first kappa shape index (κ1) is 17.3. The standard InChI is InChI=1S/C18H19ClN2OS2/c1-3-11-21-15(16-9-10-17(19)24-16)12-23-18(21)20-13-5-7-14(8-6-13)22-4-2/h5-10,12H,3-4,11H2,1-2H3. The monoisotopic (exact) mass is 378 g/mol. The Kier molecular flexibility index (Phi) is 5.76. The number of hydrogen-bond acceptors (Lipinski definition) is 4. The number of ether oxygens (including phenoxy) is 1. The van der Waals surface area contributed by atoms with Crippen LogP contribution in [-0.4, -0.2) is 11.2 Å². The quantitative estimate of drug-likeness (QED) is 0.518. The zero-order valence-electron chi connectivity index (χ0n) is 13.7. The van der Waals surface area contributed by atoms with Crippen LogP contribution in [0.4, 0.5) is 5.69 Å². The summed E-state index contributed by atoms with van der Waals surface area (Å²) in [6.45, 7) is 5.77. The van der Waals surface area contributed by atoms with Crippen molar-refractivity contribution in [3.05, 3.63) is 50.9 Å². The molecule has 0 atom stereocenters. The molecule has 1 aromatic carbocycles. The number of rotatable bonds is 6. The maximum Gasteiger partial charge on any atom is 0.190 e. The van der Waals surface area contributed by atoms with Gasteiger partial charge in [-0.1, -0.05) is 18.5 Å². The van der Waals surface area contributed by atoms with Gasteiger partial charge in [-0.25, -0.2) is 4.99 Å². The normalized spacial score (nSPS) is 11.9. The van der Waals surface area contributed by atoms with Gasteiger partial charge in [0, 0.05) is 11.9 Å². The molecular weight excluding hydrogens is 360 g/mol. The molecule has 0 aliphatic rings. The Balaban J connectivity index is 1.99. The summed E-state index contributed by atoms with van der Waals surface area (Å²) in [7, 11) is 0. The van der Waals surface area contributed by atoms with E-state index in [4.69, 9.17) is 21.3 Å². The fraction of sp³-hybridized carbons (Fsp3) is 0.278. The van der Waals surface area contributed by atoms with Crippen LogP contribution in [0.3, 0.4) is 0 Å². The van der Waals surface area contributed by atoms with Crippen molar-refractivity contribution in [3.63, 3.8) is 0 Å². The average Bonchev–Trinajstić information content (AvgIpc) is 3.17. The van der Waals surface area contributed by atoms with E-state index in [-0.39, 0.29) is 0 Å². The van der Waals surface area contributed by atoms with Crippen LogP contribution in [0.5, 0.6) is 5.75 Å². The highest BCUT2D eigenvalue weighted by Crippen LogP contribution is 2.31. The molecule has 0 unspecified atom stereocenters. The highest BCUT2D eigenvalue weighted by Gasteiger charge is 2.09. The molecule has 6 heteroatoms. The van der Waals surface area contributed by atoms with Crippen molar-refractivity contribution >= 4 is 40.0 Å². The molecule has 0 aliphatic carbocycles. The Morgan fingerprint density at radius 1 is 1.12 bits per heavy atom. The fourth-order valence-corrected chi connectivity index (χ4v) is 4.49. The maximum absolute atomic E-state index is 6.09. The molecule has 0 amide bonds. The summed E-state index contributed by atoms with van der Waals surface area (Å²) in [5.74, 6) is 0.873. The number of aromatic nitrogens is 1. The molecule has 0 aliphatic heterocycles. The van der Waals surface area contributed by atoms with Crippen LogP contribution in [0.2, 0.25) is 4.34 Å². The van der Waals surface area contributed by atoms with Crippen LogP contribution < -0.4 is 9.54 Å². The van der Waals surface area contributed by atoms with Gasteiger partial charge in [-0.05, 0) is 49.7 Å². The third-order valence-corrected chi connectivity index (χ3v) is 5.56. The van der Waals surface area contributed by atoms with E-state index < -0.39 is 0 Å². The lowest BCUT2D eigenvalue weighted by Crippen LogP contribution is -2.15. The van der Waals surface area contributed by atoms with Gasteiger partial charge in [0.15, 0.2) is 4.80 Å². The molecule has 0 saturated heterocycles. The molecule has 3 rings (SSSR count).